The van der Waals surface area contributed by atoms with Crippen molar-refractivity contribution in [2.24, 2.45) is 0 Å². The second-order valence-corrected chi connectivity index (χ2v) is 1.94. The molecule has 0 amide bonds. The summed E-state index contributed by atoms with van der Waals surface area (Å²) in [6, 6.07) is 4.31. The molecule has 3 heteroatoms. The summed E-state index contributed by atoms with van der Waals surface area (Å²) >= 11 is 0. The Bertz CT molecular complexity index is 258. The van der Waals surface area contributed by atoms with E-state index in [0.29, 0.717) is 11.8 Å². The minimum Gasteiger partial charge on any atom is -0.506 e. The third-order valence-electron chi connectivity index (χ3n) is 1.19. The Labute approximate surface area is 65.5 Å². The van der Waals surface area contributed by atoms with Crippen molar-refractivity contribution in [2.75, 3.05) is 5.73 Å². The Hall–Kier alpha value is -1.51. The zero-order valence-corrected chi connectivity index (χ0v) is 5.24. The zero-order valence-electron chi connectivity index (χ0n) is 5.24. The lowest BCUT2D eigenvalue weighted by molar-refractivity contribution is 0.112. The minimum absolute atomic E-state index is 0. The lowest BCUT2D eigenvalue weighted by atomic mass is 10.2. The molecule has 0 aliphatic rings. The molecule has 0 aromatic heterocycles. The van der Waals surface area contributed by atoms with Gasteiger partial charge in [0.2, 0.25) is 0 Å². The summed E-state index contributed by atoms with van der Waals surface area (Å²) in [6.45, 7) is 0. The number of hydrogen-bond acceptors (Lipinski definition) is 3. The van der Waals surface area contributed by atoms with E-state index in [1.807, 2.05) is 0 Å². The highest BCUT2D eigenvalue weighted by molar-refractivity contribution is 5.77. The lowest BCUT2D eigenvalue weighted by Gasteiger charge is -1.96. The van der Waals surface area contributed by atoms with E-state index in [4.69, 9.17) is 10.8 Å². The van der Waals surface area contributed by atoms with Crippen molar-refractivity contribution in [1.82, 2.24) is 0 Å². The number of nitrogen functional groups attached to an aromatic ring is 1. The van der Waals surface area contributed by atoms with Gasteiger partial charge in [0.15, 0.2) is 0 Å². The number of phenols is 1. The maximum atomic E-state index is 10.1. The highest BCUT2D eigenvalue weighted by atomic mass is 16.3. The molecule has 0 unspecified atom stereocenters. The molecule has 1 rings (SSSR count). The van der Waals surface area contributed by atoms with Crippen molar-refractivity contribution < 1.29 is 9.90 Å². The van der Waals surface area contributed by atoms with Gasteiger partial charge in [-0.3, -0.25) is 4.79 Å². The van der Waals surface area contributed by atoms with Gasteiger partial charge in [-0.2, -0.15) is 0 Å². The van der Waals surface area contributed by atoms with Gasteiger partial charge in [0.25, 0.3) is 0 Å². The third-order valence-corrected chi connectivity index (χ3v) is 1.19. The summed E-state index contributed by atoms with van der Waals surface area (Å²) in [6.07, 6.45) is 0.676. The fourth-order valence-corrected chi connectivity index (χ4v) is 0.646. The number of phenolic OH excluding ortho intramolecular Hbond substituents is 1. The van der Waals surface area contributed by atoms with Crippen LogP contribution < -0.4 is 5.73 Å². The van der Waals surface area contributed by atoms with E-state index < -0.39 is 0 Å². The summed E-state index contributed by atoms with van der Waals surface area (Å²) in [4.78, 5) is 10.1. The molecule has 0 atom stereocenters. The largest absolute Gasteiger partial charge is 0.506 e. The Morgan fingerprint density at radius 3 is 2.55 bits per heavy atom. The molecule has 3 nitrogen and oxygen atoms in total. The molecule has 0 aliphatic carbocycles. The van der Waals surface area contributed by atoms with E-state index in [9.17, 15) is 4.79 Å². The molecule has 1 aromatic rings. The first-order valence-corrected chi connectivity index (χ1v) is 2.77. The second kappa shape index (κ2) is 3.61. The quantitative estimate of drug-likeness (QED) is 0.364. The molecule has 1 aromatic carbocycles. The fraction of sp³-hybridized carbons (Fsp3) is 0.125. The molecule has 0 spiro atoms. The normalized spacial score (nSPS) is 8.36. The summed E-state index contributed by atoms with van der Waals surface area (Å²) in [5.41, 5.74) is 5.98. The van der Waals surface area contributed by atoms with E-state index in [-0.39, 0.29) is 18.9 Å². The Kier molecular flexibility index (Phi) is 3.11. The van der Waals surface area contributed by atoms with E-state index in [2.05, 4.69) is 0 Å². The molecule has 11 heavy (non-hydrogen) atoms. The van der Waals surface area contributed by atoms with Crippen LogP contribution in [0.1, 0.15) is 17.8 Å². The summed E-state index contributed by atoms with van der Waals surface area (Å²) < 4.78 is 0. The maximum Gasteiger partial charge on any atom is 0.150 e. The number of carbonyl (C=O) groups is 1. The van der Waals surface area contributed by atoms with Crippen LogP contribution in [-0.4, -0.2) is 11.4 Å². The van der Waals surface area contributed by atoms with Crippen LogP contribution in [0.4, 0.5) is 5.69 Å². The van der Waals surface area contributed by atoms with Gasteiger partial charge in [0.05, 0.1) is 5.69 Å². The van der Waals surface area contributed by atoms with Crippen molar-refractivity contribution in [3.05, 3.63) is 23.8 Å². The third kappa shape index (κ3) is 1.97. The predicted octanol–water partition coefficient (Wildman–Crippen LogP) is 1.42. The Balaban J connectivity index is 0.000001000. The first-order chi connectivity index (χ1) is 4.74. The lowest BCUT2D eigenvalue weighted by Crippen LogP contribution is -1.87. The topological polar surface area (TPSA) is 63.3 Å². The SMILES string of the molecule is C.Nc1cc(C=O)ccc1O. The molecule has 0 aliphatic heterocycles. The zero-order chi connectivity index (χ0) is 7.56. The van der Waals surface area contributed by atoms with Gasteiger partial charge in [0, 0.05) is 5.56 Å². The average molecular weight is 153 g/mol. The number of anilines is 1. The van der Waals surface area contributed by atoms with E-state index in [1.54, 1.807) is 0 Å². The van der Waals surface area contributed by atoms with Crippen molar-refractivity contribution in [2.45, 2.75) is 7.43 Å². The number of nitrogens with two attached hydrogens (primary N) is 1. The number of carbonyl (C=O) groups excluding carboxylic acids is 1. The minimum atomic E-state index is 0. The smallest absolute Gasteiger partial charge is 0.150 e. The summed E-state index contributed by atoms with van der Waals surface area (Å²) in [7, 11) is 0. The second-order valence-electron chi connectivity index (χ2n) is 1.94. The standard InChI is InChI=1S/C7H7NO2.CH4/c8-6-3-5(4-9)1-2-7(6)10;/h1-4,10H,8H2;1H4. The fourth-order valence-electron chi connectivity index (χ4n) is 0.646. The van der Waals surface area contributed by atoms with Crippen molar-refractivity contribution in [3.63, 3.8) is 0 Å². The van der Waals surface area contributed by atoms with Crippen LogP contribution in [0.3, 0.4) is 0 Å². The number of hydrogen-bond donors (Lipinski definition) is 2. The summed E-state index contributed by atoms with van der Waals surface area (Å²) in [5.74, 6) is 0.00519. The number of aromatic hydroxyl groups is 1. The average Bonchev–Trinajstić information content (AvgIpc) is 1.95. The molecule has 3 N–H and O–H groups in total. The van der Waals surface area contributed by atoms with Crippen LogP contribution in [-0.2, 0) is 0 Å². The predicted molar refractivity (Wildman–Crippen MR) is 44.6 cm³/mol. The van der Waals surface area contributed by atoms with Crippen LogP contribution in [0.5, 0.6) is 5.75 Å². The molecule has 0 saturated heterocycles. The highest BCUT2D eigenvalue weighted by Gasteiger charge is 1.95. The van der Waals surface area contributed by atoms with Gasteiger partial charge >= 0.3 is 0 Å². The first kappa shape index (κ1) is 9.49. The van der Waals surface area contributed by atoms with Gasteiger partial charge in [-0.1, -0.05) is 7.43 Å². The molecular weight excluding hydrogens is 142 g/mol. The molecule has 0 radical (unpaired) electrons. The van der Waals surface area contributed by atoms with Crippen LogP contribution in [0.15, 0.2) is 18.2 Å². The number of rotatable bonds is 1. The number of aldehydes is 1. The van der Waals surface area contributed by atoms with Gasteiger partial charge in [-0.05, 0) is 18.2 Å². The van der Waals surface area contributed by atoms with Gasteiger partial charge in [0.1, 0.15) is 12.0 Å². The van der Waals surface area contributed by atoms with E-state index >= 15 is 0 Å². The molecule has 0 bridgehead atoms. The highest BCUT2D eigenvalue weighted by Crippen LogP contribution is 2.18. The number of benzene rings is 1. The molecule has 0 heterocycles. The first-order valence-electron chi connectivity index (χ1n) is 2.77. The molecular formula is C8H11NO2. The van der Waals surface area contributed by atoms with Crippen LogP contribution >= 0.6 is 0 Å². The maximum absolute atomic E-state index is 10.1. The van der Waals surface area contributed by atoms with Crippen molar-refractivity contribution >= 4 is 12.0 Å². The van der Waals surface area contributed by atoms with Gasteiger partial charge < -0.3 is 10.8 Å². The van der Waals surface area contributed by atoms with Crippen LogP contribution in [0.25, 0.3) is 0 Å². The van der Waals surface area contributed by atoms with Crippen molar-refractivity contribution in [3.8, 4) is 5.75 Å². The van der Waals surface area contributed by atoms with E-state index in [0.717, 1.165) is 0 Å². The van der Waals surface area contributed by atoms with Crippen molar-refractivity contribution in [1.29, 1.82) is 0 Å². The Morgan fingerprint density at radius 2 is 2.09 bits per heavy atom. The van der Waals surface area contributed by atoms with Crippen LogP contribution in [0.2, 0.25) is 0 Å². The van der Waals surface area contributed by atoms with E-state index in [1.165, 1.54) is 18.2 Å². The molecule has 0 saturated carbocycles. The van der Waals surface area contributed by atoms with Crippen LogP contribution in [0, 0.1) is 0 Å². The molecule has 60 valence electrons. The van der Waals surface area contributed by atoms with Gasteiger partial charge in [-0.15, -0.1) is 0 Å². The monoisotopic (exact) mass is 153 g/mol. The molecule has 0 fully saturated rings. The Morgan fingerprint density at radius 1 is 1.45 bits per heavy atom. The summed E-state index contributed by atoms with van der Waals surface area (Å²) in [5, 5.41) is 8.90. The van der Waals surface area contributed by atoms with Gasteiger partial charge in [-0.25, -0.2) is 0 Å².